The molecule has 2 aromatic rings. The van der Waals surface area contributed by atoms with Gasteiger partial charge in [-0.15, -0.1) is 0 Å². The molecular weight excluding hydrogens is 314 g/mol. The Kier molecular flexibility index (Phi) is 4.93. The summed E-state index contributed by atoms with van der Waals surface area (Å²) in [6.07, 6.45) is 0. The number of carbonyl (C=O) groups is 1. The van der Waals surface area contributed by atoms with Gasteiger partial charge in [0.1, 0.15) is 5.75 Å². The lowest BCUT2D eigenvalue weighted by Crippen LogP contribution is -2.42. The summed E-state index contributed by atoms with van der Waals surface area (Å²) in [5, 5.41) is 4.43. The molecular formula is C17H20ClNO2Si. The minimum Gasteiger partial charge on any atom is -0.495 e. The van der Waals surface area contributed by atoms with Gasteiger partial charge in [0.25, 0.3) is 5.91 Å². The number of para-hydroxylation sites is 2. The molecule has 0 fully saturated rings. The number of hydrogen-bond acceptors (Lipinski definition) is 2. The summed E-state index contributed by atoms with van der Waals surface area (Å²) >= 11 is 6.30. The Morgan fingerprint density at radius 1 is 1.09 bits per heavy atom. The molecule has 0 saturated heterocycles. The number of amides is 1. The quantitative estimate of drug-likeness (QED) is 0.854. The summed E-state index contributed by atoms with van der Waals surface area (Å²) in [6, 6.07) is 13.0. The van der Waals surface area contributed by atoms with E-state index >= 15 is 0 Å². The summed E-state index contributed by atoms with van der Waals surface area (Å²) in [7, 11) is -0.110. The maximum atomic E-state index is 12.7. The molecule has 1 N–H and O–H groups in total. The number of rotatable bonds is 4. The largest absolute Gasteiger partial charge is 0.495 e. The van der Waals surface area contributed by atoms with E-state index in [0.29, 0.717) is 22.0 Å². The van der Waals surface area contributed by atoms with Gasteiger partial charge in [-0.25, -0.2) is 0 Å². The standard InChI is InChI=1S/C17H20ClNO2Si/c1-21-14-10-6-5-9-13(14)19-17(20)16-12(18)8-7-11-15(16)22(2,3)4/h5-11H,1-4H3,(H,19,20). The molecule has 0 heterocycles. The molecule has 1 amide bonds. The summed E-state index contributed by atoms with van der Waals surface area (Å²) in [4.78, 5) is 12.7. The van der Waals surface area contributed by atoms with Crippen molar-refractivity contribution in [3.8, 4) is 5.75 Å². The Morgan fingerprint density at radius 3 is 2.41 bits per heavy atom. The minimum absolute atomic E-state index is 0.201. The van der Waals surface area contributed by atoms with Gasteiger partial charge in [0.05, 0.1) is 31.5 Å². The lowest BCUT2D eigenvalue weighted by Gasteiger charge is -2.21. The van der Waals surface area contributed by atoms with Gasteiger partial charge in [0.15, 0.2) is 0 Å². The Morgan fingerprint density at radius 2 is 1.77 bits per heavy atom. The van der Waals surface area contributed by atoms with Gasteiger partial charge >= 0.3 is 0 Å². The molecule has 0 aliphatic carbocycles. The van der Waals surface area contributed by atoms with Crippen LogP contribution in [0.25, 0.3) is 0 Å². The van der Waals surface area contributed by atoms with Crippen LogP contribution in [0.5, 0.6) is 5.75 Å². The highest BCUT2D eigenvalue weighted by Gasteiger charge is 2.25. The fourth-order valence-electron chi connectivity index (χ4n) is 2.31. The lowest BCUT2D eigenvalue weighted by molar-refractivity contribution is 0.102. The molecule has 116 valence electrons. The first-order chi connectivity index (χ1) is 10.3. The molecule has 0 aliphatic heterocycles. The van der Waals surface area contributed by atoms with E-state index in [1.165, 1.54) is 0 Å². The highest BCUT2D eigenvalue weighted by atomic mass is 35.5. The minimum atomic E-state index is -1.69. The number of ether oxygens (including phenoxy) is 1. The first-order valence-electron chi connectivity index (χ1n) is 7.08. The van der Waals surface area contributed by atoms with E-state index in [-0.39, 0.29) is 5.91 Å². The molecule has 0 unspecified atom stereocenters. The highest BCUT2D eigenvalue weighted by molar-refractivity contribution is 6.89. The van der Waals surface area contributed by atoms with Crippen molar-refractivity contribution in [3.05, 3.63) is 53.1 Å². The first kappa shape index (κ1) is 16.6. The predicted molar refractivity (Wildman–Crippen MR) is 95.4 cm³/mol. The SMILES string of the molecule is COc1ccccc1NC(=O)c1c(Cl)cccc1[Si](C)(C)C. The van der Waals surface area contributed by atoms with Gasteiger partial charge in [-0.1, -0.05) is 55.5 Å². The Bertz CT molecular complexity index is 695. The van der Waals surface area contributed by atoms with Crippen molar-refractivity contribution in [3.63, 3.8) is 0 Å². The van der Waals surface area contributed by atoms with E-state index in [1.807, 2.05) is 36.4 Å². The zero-order valence-electron chi connectivity index (χ0n) is 13.2. The molecule has 0 aromatic heterocycles. The predicted octanol–water partition coefficient (Wildman–Crippen LogP) is 4.15. The van der Waals surface area contributed by atoms with Gasteiger partial charge < -0.3 is 10.1 Å². The Labute approximate surface area is 137 Å². The third kappa shape index (κ3) is 3.51. The number of anilines is 1. The lowest BCUT2D eigenvalue weighted by atomic mass is 10.2. The second-order valence-electron chi connectivity index (χ2n) is 6.07. The summed E-state index contributed by atoms with van der Waals surface area (Å²) in [5.74, 6) is 0.421. The third-order valence-corrected chi connectivity index (χ3v) is 5.75. The van der Waals surface area contributed by atoms with Crippen LogP contribution < -0.4 is 15.2 Å². The Balaban J connectivity index is 2.42. The van der Waals surface area contributed by atoms with E-state index in [0.717, 1.165) is 5.19 Å². The van der Waals surface area contributed by atoms with Gasteiger partial charge in [-0.05, 0) is 23.4 Å². The number of halogens is 1. The second kappa shape index (κ2) is 6.54. The molecule has 0 saturated carbocycles. The van der Waals surface area contributed by atoms with Crippen LogP contribution in [0.3, 0.4) is 0 Å². The molecule has 0 atom stereocenters. The zero-order chi connectivity index (χ0) is 16.3. The molecule has 0 radical (unpaired) electrons. The summed E-state index contributed by atoms with van der Waals surface area (Å²) in [6.45, 7) is 6.58. The molecule has 2 rings (SSSR count). The normalized spacial score (nSPS) is 11.1. The molecule has 2 aromatic carbocycles. The number of methoxy groups -OCH3 is 1. The summed E-state index contributed by atoms with van der Waals surface area (Å²) in [5.41, 5.74) is 1.20. The maximum absolute atomic E-state index is 12.7. The van der Waals surface area contributed by atoms with Crippen LogP contribution in [0.15, 0.2) is 42.5 Å². The highest BCUT2D eigenvalue weighted by Crippen LogP contribution is 2.25. The van der Waals surface area contributed by atoms with Gasteiger partial charge in [0.2, 0.25) is 0 Å². The first-order valence-corrected chi connectivity index (χ1v) is 11.0. The number of carbonyl (C=O) groups excluding carboxylic acids is 1. The van der Waals surface area contributed by atoms with E-state index in [4.69, 9.17) is 16.3 Å². The molecule has 22 heavy (non-hydrogen) atoms. The van der Waals surface area contributed by atoms with Gasteiger partial charge in [-0.2, -0.15) is 0 Å². The van der Waals surface area contributed by atoms with Crippen LogP contribution in [-0.2, 0) is 0 Å². The van der Waals surface area contributed by atoms with Crippen LogP contribution in [0.2, 0.25) is 24.7 Å². The molecule has 3 nitrogen and oxygen atoms in total. The van der Waals surface area contributed by atoms with Crippen molar-refractivity contribution in [2.75, 3.05) is 12.4 Å². The zero-order valence-corrected chi connectivity index (χ0v) is 15.0. The second-order valence-corrected chi connectivity index (χ2v) is 11.5. The fourth-order valence-corrected chi connectivity index (χ4v) is 4.25. The van der Waals surface area contributed by atoms with Crippen molar-refractivity contribution in [2.24, 2.45) is 0 Å². The van der Waals surface area contributed by atoms with E-state index in [9.17, 15) is 4.79 Å². The van der Waals surface area contributed by atoms with Crippen LogP contribution >= 0.6 is 11.6 Å². The van der Waals surface area contributed by atoms with Crippen LogP contribution in [0, 0.1) is 0 Å². The molecule has 5 heteroatoms. The monoisotopic (exact) mass is 333 g/mol. The third-order valence-electron chi connectivity index (χ3n) is 3.40. The smallest absolute Gasteiger partial charge is 0.257 e. The maximum Gasteiger partial charge on any atom is 0.257 e. The van der Waals surface area contributed by atoms with Gasteiger partial charge in [0, 0.05) is 0 Å². The molecule has 0 bridgehead atoms. The van der Waals surface area contributed by atoms with E-state index in [2.05, 4.69) is 25.0 Å². The van der Waals surface area contributed by atoms with E-state index < -0.39 is 8.07 Å². The van der Waals surface area contributed by atoms with Crippen molar-refractivity contribution >= 4 is 36.5 Å². The van der Waals surface area contributed by atoms with Gasteiger partial charge in [-0.3, -0.25) is 4.79 Å². The van der Waals surface area contributed by atoms with Crippen LogP contribution in [0.4, 0.5) is 5.69 Å². The number of nitrogens with one attached hydrogen (secondary N) is 1. The average molecular weight is 334 g/mol. The van der Waals surface area contributed by atoms with Crippen LogP contribution in [-0.4, -0.2) is 21.1 Å². The average Bonchev–Trinajstić information content (AvgIpc) is 2.46. The van der Waals surface area contributed by atoms with Crippen molar-refractivity contribution in [1.29, 1.82) is 0 Å². The summed E-state index contributed by atoms with van der Waals surface area (Å²) < 4.78 is 5.27. The fraction of sp³-hybridized carbons (Fsp3) is 0.235. The van der Waals surface area contributed by atoms with E-state index in [1.54, 1.807) is 13.2 Å². The number of benzene rings is 2. The van der Waals surface area contributed by atoms with Crippen molar-refractivity contribution in [2.45, 2.75) is 19.6 Å². The number of hydrogen-bond donors (Lipinski definition) is 1. The van der Waals surface area contributed by atoms with Crippen molar-refractivity contribution < 1.29 is 9.53 Å². The topological polar surface area (TPSA) is 38.3 Å². The van der Waals surface area contributed by atoms with Crippen LogP contribution in [0.1, 0.15) is 10.4 Å². The molecule has 0 aliphatic rings. The molecule has 0 spiro atoms. The Hall–Kier alpha value is -1.78. The van der Waals surface area contributed by atoms with Crippen molar-refractivity contribution in [1.82, 2.24) is 0 Å².